The number of hydrogen-bond donors (Lipinski definition) is 2. The summed E-state index contributed by atoms with van der Waals surface area (Å²) in [5.74, 6) is 6.11. The van der Waals surface area contributed by atoms with Crippen LogP contribution in [0.25, 0.3) is 0 Å². The second-order valence-electron chi connectivity index (χ2n) is 6.71. The van der Waals surface area contributed by atoms with Gasteiger partial charge in [0.25, 0.3) is 0 Å². The zero-order valence-corrected chi connectivity index (χ0v) is 13.8. The Labute approximate surface area is 129 Å². The van der Waals surface area contributed by atoms with Crippen LogP contribution in [0.15, 0.2) is 22.7 Å². The van der Waals surface area contributed by atoms with Crippen molar-refractivity contribution in [3.8, 4) is 0 Å². The minimum atomic E-state index is -0.149. The average Bonchev–Trinajstić information content (AvgIpc) is 2.40. The molecule has 1 aliphatic carbocycles. The molecule has 1 saturated carbocycles. The van der Waals surface area contributed by atoms with Crippen LogP contribution < -0.4 is 11.3 Å². The first-order valence-corrected chi connectivity index (χ1v) is 8.11. The first-order chi connectivity index (χ1) is 9.41. The van der Waals surface area contributed by atoms with Gasteiger partial charge >= 0.3 is 0 Å². The fraction of sp³-hybridized carbons (Fsp3) is 0.625. The summed E-state index contributed by atoms with van der Waals surface area (Å²) in [6.07, 6.45) is 5.41. The van der Waals surface area contributed by atoms with Crippen LogP contribution in [0.1, 0.15) is 45.1 Å². The second-order valence-corrected chi connectivity index (χ2v) is 7.63. The van der Waals surface area contributed by atoms with E-state index in [0.717, 1.165) is 22.9 Å². The lowest BCUT2D eigenvalue weighted by Crippen LogP contribution is -2.44. The van der Waals surface area contributed by atoms with Crippen LogP contribution in [0, 0.1) is 17.2 Å². The lowest BCUT2D eigenvalue weighted by Gasteiger charge is -2.38. The van der Waals surface area contributed by atoms with Gasteiger partial charge in [-0.05, 0) is 67.2 Å². The molecular weight excluding hydrogens is 319 g/mol. The molecule has 0 heterocycles. The number of rotatable bonds is 4. The molecule has 3 N–H and O–H groups in total. The fourth-order valence-corrected chi connectivity index (χ4v) is 3.53. The Morgan fingerprint density at radius 1 is 1.40 bits per heavy atom. The van der Waals surface area contributed by atoms with Gasteiger partial charge < -0.3 is 0 Å². The third kappa shape index (κ3) is 4.03. The Morgan fingerprint density at radius 3 is 2.65 bits per heavy atom. The van der Waals surface area contributed by atoms with Crippen molar-refractivity contribution in [2.75, 3.05) is 0 Å². The van der Waals surface area contributed by atoms with Crippen LogP contribution in [0.4, 0.5) is 4.39 Å². The van der Waals surface area contributed by atoms with E-state index in [1.54, 1.807) is 6.07 Å². The Bertz CT molecular complexity index is 452. The topological polar surface area (TPSA) is 38.0 Å². The maximum Gasteiger partial charge on any atom is 0.126 e. The van der Waals surface area contributed by atoms with Gasteiger partial charge in [-0.3, -0.25) is 11.3 Å². The molecule has 2 rings (SSSR count). The Morgan fingerprint density at radius 2 is 2.05 bits per heavy atom. The highest BCUT2D eigenvalue weighted by atomic mass is 79.9. The summed E-state index contributed by atoms with van der Waals surface area (Å²) < 4.78 is 14.8. The summed E-state index contributed by atoms with van der Waals surface area (Å²) in [7, 11) is 0. The maximum absolute atomic E-state index is 13.9. The molecule has 0 aromatic heterocycles. The summed E-state index contributed by atoms with van der Waals surface area (Å²) in [6.45, 7) is 4.64. The van der Waals surface area contributed by atoms with Crippen LogP contribution >= 0.6 is 15.9 Å². The van der Waals surface area contributed by atoms with E-state index < -0.39 is 0 Å². The third-order valence-corrected chi connectivity index (χ3v) is 5.11. The maximum atomic E-state index is 13.9. The van der Waals surface area contributed by atoms with Crippen molar-refractivity contribution in [3.05, 3.63) is 34.1 Å². The van der Waals surface area contributed by atoms with E-state index in [4.69, 9.17) is 5.84 Å². The highest BCUT2D eigenvalue weighted by Crippen LogP contribution is 2.39. The number of hydrogen-bond acceptors (Lipinski definition) is 2. The molecule has 0 spiro atoms. The van der Waals surface area contributed by atoms with Gasteiger partial charge in [-0.25, -0.2) is 4.39 Å². The molecule has 1 unspecified atom stereocenters. The van der Waals surface area contributed by atoms with Crippen LogP contribution in [-0.2, 0) is 6.42 Å². The van der Waals surface area contributed by atoms with Crippen molar-refractivity contribution >= 4 is 15.9 Å². The average molecular weight is 343 g/mol. The number of hydrazine groups is 1. The van der Waals surface area contributed by atoms with E-state index in [1.165, 1.54) is 18.9 Å². The minimum Gasteiger partial charge on any atom is -0.271 e. The summed E-state index contributed by atoms with van der Waals surface area (Å²) in [5, 5.41) is 0. The van der Waals surface area contributed by atoms with Crippen molar-refractivity contribution in [2.24, 2.45) is 17.2 Å². The summed E-state index contributed by atoms with van der Waals surface area (Å²) in [5.41, 5.74) is 4.08. The normalized spacial score (nSPS) is 20.9. The quantitative estimate of drug-likeness (QED) is 0.636. The number of benzene rings is 1. The first-order valence-electron chi connectivity index (χ1n) is 7.31. The van der Waals surface area contributed by atoms with Gasteiger partial charge in [0, 0.05) is 10.5 Å². The predicted molar refractivity (Wildman–Crippen MR) is 84.7 cm³/mol. The lowest BCUT2D eigenvalue weighted by atomic mass is 9.70. The minimum absolute atomic E-state index is 0.148. The molecule has 1 aliphatic rings. The molecule has 20 heavy (non-hydrogen) atoms. The molecule has 0 bridgehead atoms. The van der Waals surface area contributed by atoms with E-state index in [9.17, 15) is 4.39 Å². The zero-order chi connectivity index (χ0) is 14.8. The molecule has 0 saturated heterocycles. The molecule has 1 aromatic rings. The number of halogens is 2. The summed E-state index contributed by atoms with van der Waals surface area (Å²) in [4.78, 5) is 0. The van der Waals surface area contributed by atoms with Gasteiger partial charge in [0.2, 0.25) is 0 Å². The monoisotopic (exact) mass is 342 g/mol. The van der Waals surface area contributed by atoms with Crippen molar-refractivity contribution in [2.45, 2.75) is 52.0 Å². The first kappa shape index (κ1) is 15.9. The number of nitrogens with two attached hydrogens (primary N) is 1. The molecule has 112 valence electrons. The highest BCUT2D eigenvalue weighted by molar-refractivity contribution is 9.10. The molecular formula is C16H24BrFN2. The standard InChI is InChI=1S/C16H24BrFN2/c1-16(2)7-5-11(6-8-16)15(20-19)10-12-9-13(17)3-4-14(12)18/h3-4,9,11,15,20H,5-8,10,19H2,1-2H3. The van der Waals surface area contributed by atoms with Crippen LogP contribution in [0.2, 0.25) is 0 Å². The van der Waals surface area contributed by atoms with Gasteiger partial charge in [0.1, 0.15) is 5.82 Å². The SMILES string of the molecule is CC1(C)CCC(C(Cc2cc(Br)ccc2F)NN)CC1. The molecule has 1 aromatic carbocycles. The zero-order valence-electron chi connectivity index (χ0n) is 12.3. The van der Waals surface area contributed by atoms with E-state index >= 15 is 0 Å². The Kier molecular flexibility index (Phi) is 5.21. The molecule has 1 fully saturated rings. The highest BCUT2D eigenvalue weighted by Gasteiger charge is 2.31. The smallest absolute Gasteiger partial charge is 0.126 e. The summed E-state index contributed by atoms with van der Waals surface area (Å²) >= 11 is 3.40. The molecule has 2 nitrogen and oxygen atoms in total. The van der Waals surface area contributed by atoms with E-state index in [1.807, 2.05) is 6.07 Å². The van der Waals surface area contributed by atoms with Gasteiger partial charge in [0.05, 0.1) is 0 Å². The van der Waals surface area contributed by atoms with Crippen molar-refractivity contribution in [3.63, 3.8) is 0 Å². The Hall–Kier alpha value is -0.450. The van der Waals surface area contributed by atoms with Gasteiger partial charge in [0.15, 0.2) is 0 Å². The van der Waals surface area contributed by atoms with Crippen molar-refractivity contribution in [1.82, 2.24) is 5.43 Å². The van der Waals surface area contributed by atoms with Gasteiger partial charge in [-0.1, -0.05) is 29.8 Å². The molecule has 1 atom stereocenters. The summed E-state index contributed by atoms with van der Waals surface area (Å²) in [6, 6.07) is 5.24. The van der Waals surface area contributed by atoms with Gasteiger partial charge in [-0.15, -0.1) is 0 Å². The molecule has 0 radical (unpaired) electrons. The van der Waals surface area contributed by atoms with Crippen molar-refractivity contribution < 1.29 is 4.39 Å². The molecule has 4 heteroatoms. The van der Waals surface area contributed by atoms with E-state index in [-0.39, 0.29) is 11.9 Å². The van der Waals surface area contributed by atoms with Gasteiger partial charge in [-0.2, -0.15) is 0 Å². The second kappa shape index (κ2) is 6.54. The number of nitrogens with one attached hydrogen (secondary N) is 1. The van der Waals surface area contributed by atoms with E-state index in [0.29, 0.717) is 17.8 Å². The van der Waals surface area contributed by atoms with E-state index in [2.05, 4.69) is 35.2 Å². The van der Waals surface area contributed by atoms with Crippen LogP contribution in [0.3, 0.4) is 0 Å². The largest absolute Gasteiger partial charge is 0.271 e. The molecule has 0 aliphatic heterocycles. The fourth-order valence-electron chi connectivity index (χ4n) is 3.12. The third-order valence-electron chi connectivity index (χ3n) is 4.61. The predicted octanol–water partition coefficient (Wildman–Crippen LogP) is 4.18. The van der Waals surface area contributed by atoms with Crippen molar-refractivity contribution in [1.29, 1.82) is 0 Å². The van der Waals surface area contributed by atoms with Crippen LogP contribution in [-0.4, -0.2) is 6.04 Å². The molecule has 0 amide bonds. The van der Waals surface area contributed by atoms with Crippen LogP contribution in [0.5, 0.6) is 0 Å². The lowest BCUT2D eigenvalue weighted by molar-refractivity contribution is 0.160. The Balaban J connectivity index is 2.04.